The number of aromatic carboxylic acids is 1. The minimum absolute atomic E-state index is 0.129. The van der Waals surface area contributed by atoms with E-state index in [1.807, 2.05) is 6.92 Å². The molecule has 0 aliphatic rings. The number of carboxylic acids is 1. The summed E-state index contributed by atoms with van der Waals surface area (Å²) >= 11 is 0. The van der Waals surface area contributed by atoms with Crippen LogP contribution in [0, 0.1) is 0 Å². The van der Waals surface area contributed by atoms with E-state index in [-0.39, 0.29) is 11.4 Å². The van der Waals surface area contributed by atoms with Crippen molar-refractivity contribution in [3.8, 4) is 0 Å². The molecule has 8 nitrogen and oxygen atoms in total. The molecule has 0 saturated carbocycles. The first-order valence-corrected chi connectivity index (χ1v) is 6.30. The lowest BCUT2D eigenvalue weighted by molar-refractivity contribution is 0.0692. The van der Waals surface area contributed by atoms with Crippen molar-refractivity contribution in [3.63, 3.8) is 0 Å². The Morgan fingerprint density at radius 1 is 1.33 bits per heavy atom. The Kier molecular flexibility index (Phi) is 4.17. The van der Waals surface area contributed by atoms with Crippen LogP contribution in [0.4, 0.5) is 16.2 Å². The number of nitrogens with one attached hydrogen (secondary N) is 2. The number of nitrogens with zero attached hydrogens (tertiary/aromatic N) is 3. The molecule has 0 aliphatic heterocycles. The van der Waals surface area contributed by atoms with Crippen LogP contribution in [0.3, 0.4) is 0 Å². The highest BCUT2D eigenvalue weighted by Crippen LogP contribution is 2.16. The summed E-state index contributed by atoms with van der Waals surface area (Å²) in [5.74, 6) is -1.21. The zero-order valence-corrected chi connectivity index (χ0v) is 11.6. The summed E-state index contributed by atoms with van der Waals surface area (Å²) in [4.78, 5) is 26.7. The number of carboxylic acid groups (broad SMARTS) is 1. The number of pyridine rings is 1. The Hall–Kier alpha value is -2.90. The van der Waals surface area contributed by atoms with Crippen LogP contribution in [0.5, 0.6) is 0 Å². The van der Waals surface area contributed by atoms with Crippen molar-refractivity contribution in [1.82, 2.24) is 14.8 Å². The summed E-state index contributed by atoms with van der Waals surface area (Å²) in [6.45, 7) is 1.93. The number of hydrogen-bond donors (Lipinski definition) is 3. The predicted octanol–water partition coefficient (Wildman–Crippen LogP) is 1.72. The zero-order chi connectivity index (χ0) is 15.4. The van der Waals surface area contributed by atoms with Gasteiger partial charge in [-0.05, 0) is 18.6 Å². The van der Waals surface area contributed by atoms with Crippen molar-refractivity contribution in [3.05, 3.63) is 35.9 Å². The predicted molar refractivity (Wildman–Crippen MR) is 76.4 cm³/mol. The molecular formula is C13H15N5O3. The number of aryl methyl sites for hydroxylation is 2. The molecule has 0 atom stereocenters. The Labute approximate surface area is 120 Å². The molecule has 2 aromatic rings. The van der Waals surface area contributed by atoms with Crippen LogP contribution < -0.4 is 10.6 Å². The summed E-state index contributed by atoms with van der Waals surface area (Å²) in [5.41, 5.74) is 1.24. The topological polar surface area (TPSA) is 109 Å². The maximum atomic E-state index is 12.0. The maximum absolute atomic E-state index is 12.0. The molecule has 0 bridgehead atoms. The fraction of sp³-hybridized carbons (Fsp3) is 0.231. The summed E-state index contributed by atoms with van der Waals surface area (Å²) in [6, 6.07) is 2.47. The van der Waals surface area contributed by atoms with Gasteiger partial charge in [0.05, 0.1) is 17.1 Å². The zero-order valence-electron chi connectivity index (χ0n) is 11.6. The molecule has 0 aromatic carbocycles. The van der Waals surface area contributed by atoms with Crippen LogP contribution in [0.15, 0.2) is 24.5 Å². The van der Waals surface area contributed by atoms with Crippen molar-refractivity contribution in [1.29, 1.82) is 0 Å². The van der Waals surface area contributed by atoms with Crippen molar-refractivity contribution in [2.75, 3.05) is 10.6 Å². The Bertz CT molecular complexity index is 680. The van der Waals surface area contributed by atoms with E-state index in [9.17, 15) is 9.59 Å². The number of carbonyl (C=O) groups is 2. The lowest BCUT2D eigenvalue weighted by atomic mass is 10.3. The molecule has 2 amide bonds. The Balaban J connectivity index is 2.14. The minimum Gasteiger partial charge on any atom is -0.476 e. The molecule has 2 rings (SSSR count). The highest BCUT2D eigenvalue weighted by Gasteiger charge is 2.15. The normalized spacial score (nSPS) is 10.2. The maximum Gasteiger partial charge on any atom is 0.356 e. The molecule has 8 heteroatoms. The first-order chi connectivity index (χ1) is 10.0. The van der Waals surface area contributed by atoms with Gasteiger partial charge < -0.3 is 15.7 Å². The largest absolute Gasteiger partial charge is 0.476 e. The Morgan fingerprint density at radius 2 is 2.05 bits per heavy atom. The van der Waals surface area contributed by atoms with Crippen LogP contribution in [-0.2, 0) is 13.5 Å². The first-order valence-electron chi connectivity index (χ1n) is 6.30. The second kappa shape index (κ2) is 6.04. The van der Waals surface area contributed by atoms with Gasteiger partial charge in [0, 0.05) is 19.4 Å². The second-order valence-corrected chi connectivity index (χ2v) is 4.30. The van der Waals surface area contributed by atoms with E-state index in [1.54, 1.807) is 24.0 Å². The fourth-order valence-corrected chi connectivity index (χ4v) is 1.85. The molecule has 110 valence electrons. The van der Waals surface area contributed by atoms with Gasteiger partial charge in [0.1, 0.15) is 0 Å². The van der Waals surface area contributed by atoms with Gasteiger partial charge in [0.25, 0.3) is 0 Å². The van der Waals surface area contributed by atoms with E-state index in [4.69, 9.17) is 5.11 Å². The van der Waals surface area contributed by atoms with Crippen molar-refractivity contribution in [2.24, 2.45) is 7.05 Å². The average molecular weight is 289 g/mol. The molecule has 2 heterocycles. The highest BCUT2D eigenvalue weighted by atomic mass is 16.4. The average Bonchev–Trinajstić information content (AvgIpc) is 2.78. The van der Waals surface area contributed by atoms with Crippen molar-refractivity contribution < 1.29 is 14.7 Å². The van der Waals surface area contributed by atoms with Gasteiger partial charge >= 0.3 is 12.0 Å². The molecule has 0 saturated heterocycles. The molecule has 0 fully saturated rings. The third-order valence-corrected chi connectivity index (χ3v) is 2.75. The van der Waals surface area contributed by atoms with Gasteiger partial charge in [-0.2, -0.15) is 5.10 Å². The summed E-state index contributed by atoms with van der Waals surface area (Å²) in [6.07, 6.45) is 3.70. The molecule has 21 heavy (non-hydrogen) atoms. The highest BCUT2D eigenvalue weighted by molar-refractivity contribution is 6.03. The number of rotatable bonds is 4. The molecular weight excluding hydrogens is 274 g/mol. The van der Waals surface area contributed by atoms with E-state index in [2.05, 4.69) is 20.7 Å². The second-order valence-electron chi connectivity index (χ2n) is 4.30. The van der Waals surface area contributed by atoms with Gasteiger partial charge in [0.2, 0.25) is 0 Å². The van der Waals surface area contributed by atoms with Gasteiger partial charge in [-0.3, -0.25) is 4.68 Å². The van der Waals surface area contributed by atoms with Gasteiger partial charge in [-0.1, -0.05) is 6.92 Å². The fourth-order valence-electron chi connectivity index (χ4n) is 1.85. The number of hydrogen-bond acceptors (Lipinski definition) is 4. The van der Waals surface area contributed by atoms with Crippen molar-refractivity contribution >= 4 is 23.4 Å². The van der Waals surface area contributed by atoms with Crippen LogP contribution in [0.2, 0.25) is 0 Å². The number of amides is 2. The molecule has 0 unspecified atom stereocenters. The van der Waals surface area contributed by atoms with E-state index < -0.39 is 12.0 Å². The molecule has 2 aromatic heterocycles. The molecule has 3 N–H and O–H groups in total. The van der Waals surface area contributed by atoms with Crippen LogP contribution in [0.1, 0.15) is 23.1 Å². The van der Waals surface area contributed by atoms with E-state index in [0.717, 1.165) is 5.69 Å². The van der Waals surface area contributed by atoms with Gasteiger partial charge in [-0.15, -0.1) is 0 Å². The van der Waals surface area contributed by atoms with E-state index >= 15 is 0 Å². The SMILES string of the molecule is CCc1nn(C)cc1NC(=O)Nc1cccnc1C(=O)O. The summed E-state index contributed by atoms with van der Waals surface area (Å²) < 4.78 is 1.60. The van der Waals surface area contributed by atoms with Gasteiger partial charge in [-0.25, -0.2) is 14.6 Å². The van der Waals surface area contributed by atoms with Gasteiger partial charge in [0.15, 0.2) is 5.69 Å². The van der Waals surface area contributed by atoms with E-state index in [0.29, 0.717) is 12.1 Å². The number of urea groups is 1. The molecule has 0 spiro atoms. The lowest BCUT2D eigenvalue weighted by Gasteiger charge is -2.08. The monoisotopic (exact) mass is 289 g/mol. The van der Waals surface area contributed by atoms with Crippen LogP contribution >= 0.6 is 0 Å². The van der Waals surface area contributed by atoms with Crippen LogP contribution in [0.25, 0.3) is 0 Å². The number of anilines is 2. The quantitative estimate of drug-likeness (QED) is 0.794. The number of carbonyl (C=O) groups excluding carboxylic acids is 1. The third kappa shape index (κ3) is 3.35. The summed E-state index contributed by atoms with van der Waals surface area (Å²) in [5, 5.41) is 18.3. The third-order valence-electron chi connectivity index (χ3n) is 2.75. The van der Waals surface area contributed by atoms with Crippen LogP contribution in [-0.4, -0.2) is 31.9 Å². The first kappa shape index (κ1) is 14.5. The molecule has 0 radical (unpaired) electrons. The molecule has 0 aliphatic carbocycles. The Morgan fingerprint density at radius 3 is 2.71 bits per heavy atom. The minimum atomic E-state index is -1.21. The standard InChI is InChI=1S/C13H15N5O3/c1-3-8-10(7-18(2)17-8)16-13(21)15-9-5-4-6-14-11(9)12(19)20/h4-7H,3H2,1-2H3,(H,19,20)(H2,15,16,21). The van der Waals surface area contributed by atoms with Crippen molar-refractivity contribution in [2.45, 2.75) is 13.3 Å². The smallest absolute Gasteiger partial charge is 0.356 e. The van der Waals surface area contributed by atoms with E-state index in [1.165, 1.54) is 12.3 Å². The number of aromatic nitrogens is 3. The lowest BCUT2D eigenvalue weighted by Crippen LogP contribution is -2.21. The summed E-state index contributed by atoms with van der Waals surface area (Å²) in [7, 11) is 1.76.